The molecule has 3 heteroatoms. The standard InChI is InChI=1S/C7H15NO.C5H13N.C2H6/c1-2-3-8-4-6-9-7-5-8;1-4-5-6(2)3;1-2/h2-7H2,1H3;4-5H2,1-3H3;1-2H3. The average Bonchev–Trinajstić information content (AvgIpc) is 2.34. The van der Waals surface area contributed by atoms with Crippen LogP contribution in [0.25, 0.3) is 0 Å². The first-order valence-electron chi connectivity index (χ1n) is 7.15. The molecule has 106 valence electrons. The van der Waals surface area contributed by atoms with E-state index in [0.29, 0.717) is 0 Å². The van der Waals surface area contributed by atoms with Gasteiger partial charge in [0.1, 0.15) is 0 Å². The highest BCUT2D eigenvalue weighted by atomic mass is 16.5. The second-order valence-corrected chi connectivity index (χ2v) is 4.26. The fourth-order valence-corrected chi connectivity index (χ4v) is 1.59. The molecule has 1 rings (SSSR count). The minimum absolute atomic E-state index is 0.931. The van der Waals surface area contributed by atoms with Gasteiger partial charge in [-0.2, -0.15) is 0 Å². The molecule has 0 aromatic rings. The molecule has 0 aliphatic carbocycles. The zero-order chi connectivity index (χ0) is 13.5. The van der Waals surface area contributed by atoms with Crippen LogP contribution in [0.4, 0.5) is 0 Å². The third-order valence-corrected chi connectivity index (χ3v) is 2.31. The van der Waals surface area contributed by atoms with Gasteiger partial charge in [0.15, 0.2) is 0 Å². The van der Waals surface area contributed by atoms with E-state index in [1.807, 2.05) is 13.8 Å². The predicted molar refractivity (Wildman–Crippen MR) is 77.7 cm³/mol. The first-order chi connectivity index (χ1) is 8.20. The minimum Gasteiger partial charge on any atom is -0.379 e. The summed E-state index contributed by atoms with van der Waals surface area (Å²) in [6, 6.07) is 0. The van der Waals surface area contributed by atoms with E-state index in [2.05, 4.69) is 37.7 Å². The van der Waals surface area contributed by atoms with Crippen LogP contribution in [0, 0.1) is 0 Å². The highest BCUT2D eigenvalue weighted by Crippen LogP contribution is 1.96. The van der Waals surface area contributed by atoms with Crippen LogP contribution in [0.2, 0.25) is 0 Å². The van der Waals surface area contributed by atoms with Crippen LogP contribution in [-0.2, 0) is 4.74 Å². The van der Waals surface area contributed by atoms with E-state index in [-0.39, 0.29) is 0 Å². The molecule has 0 radical (unpaired) electrons. The quantitative estimate of drug-likeness (QED) is 0.758. The van der Waals surface area contributed by atoms with E-state index in [4.69, 9.17) is 4.74 Å². The summed E-state index contributed by atoms with van der Waals surface area (Å²) < 4.78 is 5.20. The molecule has 0 unspecified atom stereocenters. The molecule has 1 heterocycles. The molecule has 0 spiro atoms. The number of hydrogen-bond acceptors (Lipinski definition) is 3. The van der Waals surface area contributed by atoms with Gasteiger partial charge in [-0.05, 0) is 40.0 Å². The molecule has 17 heavy (non-hydrogen) atoms. The summed E-state index contributed by atoms with van der Waals surface area (Å²) in [6.07, 6.45) is 2.52. The first kappa shape index (κ1) is 19.2. The van der Waals surface area contributed by atoms with Crippen molar-refractivity contribution >= 4 is 0 Å². The number of hydrogen-bond donors (Lipinski definition) is 0. The summed E-state index contributed by atoms with van der Waals surface area (Å²) in [4.78, 5) is 4.63. The largest absolute Gasteiger partial charge is 0.379 e. The van der Waals surface area contributed by atoms with Crippen molar-refractivity contribution in [2.75, 3.05) is 53.5 Å². The minimum atomic E-state index is 0.931. The molecule has 0 bridgehead atoms. The van der Waals surface area contributed by atoms with Gasteiger partial charge in [-0.1, -0.05) is 27.7 Å². The van der Waals surface area contributed by atoms with Gasteiger partial charge in [-0.3, -0.25) is 4.90 Å². The van der Waals surface area contributed by atoms with Crippen molar-refractivity contribution in [3.8, 4) is 0 Å². The third-order valence-electron chi connectivity index (χ3n) is 2.31. The van der Waals surface area contributed by atoms with Crippen LogP contribution in [0.15, 0.2) is 0 Å². The smallest absolute Gasteiger partial charge is 0.0594 e. The Morgan fingerprint density at radius 1 is 1.00 bits per heavy atom. The fraction of sp³-hybridized carbons (Fsp3) is 1.00. The zero-order valence-corrected chi connectivity index (χ0v) is 13.0. The molecule has 0 N–H and O–H groups in total. The van der Waals surface area contributed by atoms with Gasteiger partial charge in [0.25, 0.3) is 0 Å². The van der Waals surface area contributed by atoms with Gasteiger partial charge in [-0.25, -0.2) is 0 Å². The number of morpholine rings is 1. The monoisotopic (exact) mass is 246 g/mol. The Labute approximate surface area is 109 Å². The molecule has 1 aliphatic heterocycles. The van der Waals surface area contributed by atoms with Gasteiger partial charge in [0, 0.05) is 13.1 Å². The third kappa shape index (κ3) is 15.9. The molecule has 0 aromatic heterocycles. The summed E-state index contributed by atoms with van der Waals surface area (Å²) in [6.45, 7) is 15.0. The van der Waals surface area contributed by atoms with Crippen molar-refractivity contribution in [3.63, 3.8) is 0 Å². The Morgan fingerprint density at radius 2 is 1.53 bits per heavy atom. The van der Waals surface area contributed by atoms with Gasteiger partial charge in [0.2, 0.25) is 0 Å². The lowest BCUT2D eigenvalue weighted by atomic mass is 10.4. The summed E-state index contributed by atoms with van der Waals surface area (Å²) >= 11 is 0. The maximum Gasteiger partial charge on any atom is 0.0594 e. The van der Waals surface area contributed by atoms with Crippen LogP contribution >= 0.6 is 0 Å². The van der Waals surface area contributed by atoms with Crippen molar-refractivity contribution in [1.29, 1.82) is 0 Å². The summed E-state index contributed by atoms with van der Waals surface area (Å²) in [7, 11) is 4.17. The molecule has 0 aromatic carbocycles. The maximum absolute atomic E-state index is 5.20. The van der Waals surface area contributed by atoms with Crippen LogP contribution < -0.4 is 0 Å². The van der Waals surface area contributed by atoms with Gasteiger partial charge in [-0.15, -0.1) is 0 Å². The van der Waals surface area contributed by atoms with E-state index < -0.39 is 0 Å². The molecule has 3 nitrogen and oxygen atoms in total. The topological polar surface area (TPSA) is 15.7 Å². The Morgan fingerprint density at radius 3 is 1.82 bits per heavy atom. The lowest BCUT2D eigenvalue weighted by molar-refractivity contribution is 0.0380. The van der Waals surface area contributed by atoms with Crippen molar-refractivity contribution in [2.45, 2.75) is 40.5 Å². The molecule has 0 atom stereocenters. The first-order valence-corrected chi connectivity index (χ1v) is 7.15. The van der Waals surface area contributed by atoms with Gasteiger partial charge >= 0.3 is 0 Å². The number of rotatable bonds is 4. The molecule has 0 saturated carbocycles. The molecule has 1 aliphatic rings. The van der Waals surface area contributed by atoms with Gasteiger partial charge < -0.3 is 9.64 Å². The van der Waals surface area contributed by atoms with E-state index in [1.54, 1.807) is 0 Å². The van der Waals surface area contributed by atoms with Crippen LogP contribution in [-0.4, -0.2) is 63.3 Å². The fourth-order valence-electron chi connectivity index (χ4n) is 1.59. The van der Waals surface area contributed by atoms with E-state index in [0.717, 1.165) is 26.3 Å². The summed E-state index contributed by atoms with van der Waals surface area (Å²) in [5.74, 6) is 0. The van der Waals surface area contributed by atoms with Crippen LogP contribution in [0.5, 0.6) is 0 Å². The van der Waals surface area contributed by atoms with E-state index >= 15 is 0 Å². The summed E-state index contributed by atoms with van der Waals surface area (Å²) in [5, 5.41) is 0. The molecule has 0 amide bonds. The highest BCUT2D eigenvalue weighted by molar-refractivity contribution is 4.59. The SMILES string of the molecule is CC.CCCN(C)C.CCCN1CCOCC1. The van der Waals surface area contributed by atoms with E-state index in [1.165, 1.54) is 25.9 Å². The Kier molecular flexibility index (Phi) is 18.0. The zero-order valence-electron chi connectivity index (χ0n) is 13.0. The van der Waals surface area contributed by atoms with Crippen molar-refractivity contribution in [1.82, 2.24) is 9.80 Å². The Balaban J connectivity index is 0. The summed E-state index contributed by atoms with van der Waals surface area (Å²) in [5.41, 5.74) is 0. The average molecular weight is 246 g/mol. The number of nitrogens with zero attached hydrogens (tertiary/aromatic N) is 2. The van der Waals surface area contributed by atoms with Gasteiger partial charge in [0.05, 0.1) is 13.2 Å². The predicted octanol–water partition coefficient (Wildman–Crippen LogP) is 2.71. The second kappa shape index (κ2) is 15.9. The van der Waals surface area contributed by atoms with Crippen molar-refractivity contribution < 1.29 is 4.74 Å². The Bertz CT molecular complexity index is 121. The highest BCUT2D eigenvalue weighted by Gasteiger charge is 2.07. The Hall–Kier alpha value is -0.120. The molecule has 1 saturated heterocycles. The lowest BCUT2D eigenvalue weighted by Gasteiger charge is -2.25. The maximum atomic E-state index is 5.20. The number of ether oxygens (including phenoxy) is 1. The lowest BCUT2D eigenvalue weighted by Crippen LogP contribution is -2.36. The molecular weight excluding hydrogens is 212 g/mol. The van der Waals surface area contributed by atoms with Crippen LogP contribution in [0.3, 0.4) is 0 Å². The molecule has 1 fully saturated rings. The van der Waals surface area contributed by atoms with Crippen molar-refractivity contribution in [2.24, 2.45) is 0 Å². The second-order valence-electron chi connectivity index (χ2n) is 4.26. The van der Waals surface area contributed by atoms with Crippen LogP contribution in [0.1, 0.15) is 40.5 Å². The van der Waals surface area contributed by atoms with E-state index in [9.17, 15) is 0 Å². The van der Waals surface area contributed by atoms with Crippen molar-refractivity contribution in [3.05, 3.63) is 0 Å². The normalized spacial score (nSPS) is 15.7. The molecular formula is C14H34N2O.